The van der Waals surface area contributed by atoms with Gasteiger partial charge in [-0.2, -0.15) is 5.43 Å². The predicted octanol–water partition coefficient (Wildman–Crippen LogP) is 3.54. The number of nitrogens with zero attached hydrogens (tertiary/aromatic N) is 3. The van der Waals surface area contributed by atoms with Crippen molar-refractivity contribution in [3.8, 4) is 0 Å². The van der Waals surface area contributed by atoms with E-state index in [1.54, 1.807) is 29.4 Å². The number of carbonyl (C=O) groups excluding carboxylic acids is 2. The van der Waals surface area contributed by atoms with Gasteiger partial charge in [0.15, 0.2) is 6.17 Å². The second kappa shape index (κ2) is 6.72. The maximum absolute atomic E-state index is 13.0. The lowest BCUT2D eigenvalue weighted by molar-refractivity contribution is -0.122. The minimum atomic E-state index is -0.761. The molecule has 0 spiro atoms. The molecule has 0 radical (unpaired) electrons. The van der Waals surface area contributed by atoms with E-state index in [0.29, 0.717) is 11.6 Å². The average Bonchev–Trinajstić information content (AvgIpc) is 2.95. The van der Waals surface area contributed by atoms with Crippen LogP contribution in [0.15, 0.2) is 54.9 Å². The molecular weight excluding hydrogens is 364 g/mol. The number of anilines is 1. The first-order valence-electron chi connectivity index (χ1n) is 8.63. The van der Waals surface area contributed by atoms with Crippen LogP contribution in [0.2, 0.25) is 5.02 Å². The lowest BCUT2D eigenvalue weighted by Gasteiger charge is -2.29. The Labute approximate surface area is 162 Å². The number of hydrazine groups is 1. The molecule has 27 heavy (non-hydrogen) atoms. The summed E-state index contributed by atoms with van der Waals surface area (Å²) in [5.41, 5.74) is 6.94. The third-order valence-corrected chi connectivity index (χ3v) is 5.09. The zero-order valence-corrected chi connectivity index (χ0v) is 15.8. The van der Waals surface area contributed by atoms with Gasteiger partial charge < -0.3 is 0 Å². The summed E-state index contributed by atoms with van der Waals surface area (Å²) >= 11 is 6.02. The second-order valence-corrected chi connectivity index (χ2v) is 7.15. The van der Waals surface area contributed by atoms with Gasteiger partial charge in [-0.1, -0.05) is 29.8 Å². The van der Waals surface area contributed by atoms with E-state index in [1.165, 1.54) is 9.91 Å². The highest BCUT2D eigenvalue weighted by molar-refractivity contribution is 6.30. The van der Waals surface area contributed by atoms with Crippen LogP contribution in [0, 0.1) is 13.8 Å². The zero-order chi connectivity index (χ0) is 19.1. The van der Waals surface area contributed by atoms with Crippen molar-refractivity contribution in [2.45, 2.75) is 26.6 Å². The van der Waals surface area contributed by atoms with Crippen molar-refractivity contribution in [1.82, 2.24) is 15.3 Å². The van der Waals surface area contributed by atoms with E-state index < -0.39 is 6.17 Å². The van der Waals surface area contributed by atoms with Crippen LogP contribution in [0.25, 0.3) is 0 Å². The van der Waals surface area contributed by atoms with Gasteiger partial charge in [-0.25, -0.2) is 4.79 Å². The Hall–Kier alpha value is -2.83. The Morgan fingerprint density at radius 3 is 2.59 bits per heavy atom. The summed E-state index contributed by atoms with van der Waals surface area (Å²) in [4.78, 5) is 28.6. The number of carbonyl (C=O) groups is 2. The summed E-state index contributed by atoms with van der Waals surface area (Å²) in [7, 11) is 0. The highest BCUT2D eigenvalue weighted by atomic mass is 35.5. The number of rotatable bonds is 3. The van der Waals surface area contributed by atoms with E-state index in [0.717, 1.165) is 22.4 Å². The molecule has 7 heteroatoms. The van der Waals surface area contributed by atoms with Crippen molar-refractivity contribution < 1.29 is 9.59 Å². The molecular formula is C20H19ClN4O2. The number of hydrogen-bond donors (Lipinski definition) is 1. The fourth-order valence-electron chi connectivity index (χ4n) is 3.20. The monoisotopic (exact) mass is 382 g/mol. The van der Waals surface area contributed by atoms with Crippen molar-refractivity contribution >= 4 is 29.2 Å². The number of benzene rings is 2. The highest BCUT2D eigenvalue weighted by Gasteiger charge is 2.44. The fraction of sp³-hybridized carbons (Fsp3) is 0.200. The van der Waals surface area contributed by atoms with E-state index >= 15 is 0 Å². The van der Waals surface area contributed by atoms with Crippen molar-refractivity contribution in [3.05, 3.63) is 76.6 Å². The van der Waals surface area contributed by atoms with Gasteiger partial charge in [-0.3, -0.25) is 19.6 Å². The summed E-state index contributed by atoms with van der Waals surface area (Å²) in [6.45, 7) is 4.35. The van der Waals surface area contributed by atoms with Gasteiger partial charge in [0.25, 0.3) is 5.91 Å². The smallest absolute Gasteiger partial charge is 0.283 e. The number of nitrogens with one attached hydrogen (secondary N) is 1. The number of halogens is 1. The molecule has 4 rings (SSSR count). The molecule has 2 aliphatic rings. The first-order chi connectivity index (χ1) is 12.9. The summed E-state index contributed by atoms with van der Waals surface area (Å²) in [5.74, 6) is -0.206. The summed E-state index contributed by atoms with van der Waals surface area (Å²) < 4.78 is 0. The van der Waals surface area contributed by atoms with Gasteiger partial charge in [-0.05, 0) is 54.8 Å². The largest absolute Gasteiger partial charge is 0.340 e. The number of amides is 3. The van der Waals surface area contributed by atoms with Crippen molar-refractivity contribution in [3.63, 3.8) is 0 Å². The molecule has 2 aromatic rings. The summed E-state index contributed by atoms with van der Waals surface area (Å²) in [5, 5.41) is 2.04. The molecule has 2 aliphatic heterocycles. The van der Waals surface area contributed by atoms with Crippen LogP contribution >= 0.6 is 11.6 Å². The van der Waals surface area contributed by atoms with Crippen LogP contribution in [-0.2, 0) is 11.3 Å². The predicted molar refractivity (Wildman–Crippen MR) is 104 cm³/mol. The van der Waals surface area contributed by atoms with E-state index in [9.17, 15) is 9.59 Å². The molecule has 1 saturated heterocycles. The third kappa shape index (κ3) is 3.18. The Balaban J connectivity index is 1.56. The van der Waals surface area contributed by atoms with Crippen molar-refractivity contribution in [1.29, 1.82) is 0 Å². The quantitative estimate of drug-likeness (QED) is 0.883. The topological polar surface area (TPSA) is 55.9 Å². The molecule has 1 unspecified atom stereocenters. The van der Waals surface area contributed by atoms with Gasteiger partial charge in [0.1, 0.15) is 0 Å². The summed E-state index contributed by atoms with van der Waals surface area (Å²) in [6, 6.07) is 12.9. The molecule has 6 nitrogen and oxygen atoms in total. The van der Waals surface area contributed by atoms with Gasteiger partial charge in [-0.15, -0.1) is 0 Å². The van der Waals surface area contributed by atoms with Crippen LogP contribution in [0.1, 0.15) is 16.7 Å². The first kappa shape index (κ1) is 17.6. The molecule has 1 N–H and O–H groups in total. The summed E-state index contributed by atoms with van der Waals surface area (Å²) in [6.07, 6.45) is 2.50. The number of aryl methyl sites for hydroxylation is 2. The lowest BCUT2D eigenvalue weighted by Crippen LogP contribution is -2.51. The number of urea groups is 1. The SMILES string of the molecule is Cc1ccc(N2C=CN3C(=O)N(Cc4cccc(Cl)c4)NC3C2=O)cc1C. The molecule has 138 valence electrons. The second-order valence-electron chi connectivity index (χ2n) is 6.71. The Morgan fingerprint density at radius 1 is 1.04 bits per heavy atom. The van der Waals surface area contributed by atoms with E-state index in [1.807, 2.05) is 44.2 Å². The Morgan fingerprint density at radius 2 is 1.85 bits per heavy atom. The minimum Gasteiger partial charge on any atom is -0.283 e. The maximum Gasteiger partial charge on any atom is 0.340 e. The van der Waals surface area contributed by atoms with E-state index in [2.05, 4.69) is 5.43 Å². The molecule has 3 amide bonds. The molecule has 0 aromatic heterocycles. The average molecular weight is 383 g/mol. The molecule has 1 atom stereocenters. The van der Waals surface area contributed by atoms with E-state index in [-0.39, 0.29) is 11.9 Å². The van der Waals surface area contributed by atoms with Crippen LogP contribution in [0.4, 0.5) is 10.5 Å². The normalized spacial score (nSPS) is 19.1. The molecule has 0 aliphatic carbocycles. The van der Waals surface area contributed by atoms with Crippen molar-refractivity contribution in [2.75, 3.05) is 4.90 Å². The number of fused-ring (bicyclic) bond motifs is 1. The van der Waals surface area contributed by atoms with Gasteiger partial charge in [0.05, 0.1) is 6.54 Å². The van der Waals surface area contributed by atoms with E-state index in [4.69, 9.17) is 11.6 Å². The first-order valence-corrected chi connectivity index (χ1v) is 9.01. The molecule has 2 heterocycles. The fourth-order valence-corrected chi connectivity index (χ4v) is 3.42. The maximum atomic E-state index is 13.0. The molecule has 1 fully saturated rings. The standard InChI is InChI=1S/C20H19ClN4O2/c1-13-6-7-17(10-14(13)2)23-8-9-24-18(19(23)26)22-25(20(24)27)12-15-4-3-5-16(21)11-15/h3-11,18,22H,12H2,1-2H3. The molecule has 2 aromatic carbocycles. The van der Waals surface area contributed by atoms with Gasteiger partial charge in [0.2, 0.25) is 0 Å². The minimum absolute atomic E-state index is 0.206. The molecule has 0 saturated carbocycles. The van der Waals surface area contributed by atoms with Gasteiger partial charge >= 0.3 is 6.03 Å². The van der Waals surface area contributed by atoms with Crippen LogP contribution in [0.3, 0.4) is 0 Å². The number of hydrogen-bond acceptors (Lipinski definition) is 3. The Bertz CT molecular complexity index is 959. The van der Waals surface area contributed by atoms with Crippen LogP contribution in [-0.4, -0.2) is 28.0 Å². The van der Waals surface area contributed by atoms with Crippen LogP contribution < -0.4 is 10.3 Å². The van der Waals surface area contributed by atoms with Crippen molar-refractivity contribution in [2.24, 2.45) is 0 Å². The van der Waals surface area contributed by atoms with Crippen LogP contribution in [0.5, 0.6) is 0 Å². The Kier molecular flexibility index (Phi) is 4.37. The molecule has 0 bridgehead atoms. The third-order valence-electron chi connectivity index (χ3n) is 4.85. The van der Waals surface area contributed by atoms with Gasteiger partial charge in [0, 0.05) is 23.1 Å². The lowest BCUT2D eigenvalue weighted by atomic mass is 10.1. The highest BCUT2D eigenvalue weighted by Crippen LogP contribution is 2.26. The zero-order valence-electron chi connectivity index (χ0n) is 15.0.